The molecular formula is C16H29ClN2O3. The van der Waals surface area contributed by atoms with Crippen LogP contribution in [0.15, 0.2) is 0 Å². The summed E-state index contributed by atoms with van der Waals surface area (Å²) in [4.78, 5) is 27.3. The molecule has 128 valence electrons. The second-order valence-corrected chi connectivity index (χ2v) is 6.60. The Morgan fingerprint density at radius 1 is 1.09 bits per heavy atom. The van der Waals surface area contributed by atoms with Crippen LogP contribution in [-0.4, -0.2) is 59.5 Å². The van der Waals surface area contributed by atoms with Crippen molar-refractivity contribution in [3.05, 3.63) is 0 Å². The van der Waals surface area contributed by atoms with Crippen molar-refractivity contribution in [2.24, 2.45) is 5.92 Å². The lowest BCUT2D eigenvalue weighted by atomic mass is 9.89. The van der Waals surface area contributed by atoms with Gasteiger partial charge in [0.1, 0.15) is 6.04 Å². The predicted molar refractivity (Wildman–Crippen MR) is 88.3 cm³/mol. The van der Waals surface area contributed by atoms with Crippen LogP contribution in [0.25, 0.3) is 0 Å². The lowest BCUT2D eigenvalue weighted by Crippen LogP contribution is -2.49. The zero-order chi connectivity index (χ0) is 15.2. The molecule has 2 rings (SSSR count). The maximum absolute atomic E-state index is 12.3. The number of carbonyl (C=O) groups excluding carboxylic acids is 1. The van der Waals surface area contributed by atoms with Crippen LogP contribution in [0.5, 0.6) is 0 Å². The van der Waals surface area contributed by atoms with Gasteiger partial charge in [-0.05, 0) is 38.1 Å². The Hall–Kier alpha value is -0.810. The number of likely N-dealkylation sites (tertiary alicyclic amines) is 1. The Morgan fingerprint density at radius 2 is 1.73 bits per heavy atom. The molecule has 0 aromatic heterocycles. The first kappa shape index (κ1) is 19.2. The Morgan fingerprint density at radius 3 is 2.36 bits per heavy atom. The van der Waals surface area contributed by atoms with Crippen molar-refractivity contribution in [3.63, 3.8) is 0 Å². The van der Waals surface area contributed by atoms with E-state index in [0.29, 0.717) is 12.3 Å². The van der Waals surface area contributed by atoms with Crippen LogP contribution in [0.2, 0.25) is 0 Å². The fraction of sp³-hybridized carbons (Fsp3) is 0.875. The standard InChI is InChI=1S/C16H28N2O3.ClH/c1-17(11-13-7-3-2-4-8-13)15(19)12-18-10-6-5-9-14(18)16(20)21;/h13-14H,2-12H2,1H3,(H,20,21);1H. The number of carbonyl (C=O) groups is 2. The van der Waals surface area contributed by atoms with Crippen LogP contribution in [0, 0.1) is 5.92 Å². The number of hydrogen-bond donors (Lipinski definition) is 1. The molecule has 1 aliphatic heterocycles. The SMILES string of the molecule is CN(CC1CCCCC1)C(=O)CN1CCCCC1C(=O)O.Cl. The number of piperidine rings is 1. The molecule has 0 aromatic rings. The van der Waals surface area contributed by atoms with Crippen LogP contribution >= 0.6 is 12.4 Å². The van der Waals surface area contributed by atoms with Crippen LogP contribution in [-0.2, 0) is 9.59 Å². The molecule has 1 saturated heterocycles. The zero-order valence-electron chi connectivity index (χ0n) is 13.5. The molecule has 0 aromatic carbocycles. The van der Waals surface area contributed by atoms with Gasteiger partial charge in [0.2, 0.25) is 5.91 Å². The van der Waals surface area contributed by atoms with Gasteiger partial charge in [-0.15, -0.1) is 12.4 Å². The van der Waals surface area contributed by atoms with Gasteiger partial charge >= 0.3 is 5.97 Å². The molecular weight excluding hydrogens is 304 g/mol. The van der Waals surface area contributed by atoms with Crippen molar-refractivity contribution >= 4 is 24.3 Å². The number of rotatable bonds is 5. The number of carboxylic acids is 1. The topological polar surface area (TPSA) is 60.9 Å². The molecule has 5 nitrogen and oxygen atoms in total. The van der Waals surface area contributed by atoms with Gasteiger partial charge in [0.15, 0.2) is 0 Å². The van der Waals surface area contributed by atoms with Crippen molar-refractivity contribution in [2.45, 2.75) is 57.4 Å². The fourth-order valence-electron chi connectivity index (χ4n) is 3.61. The molecule has 0 bridgehead atoms. The van der Waals surface area contributed by atoms with Crippen molar-refractivity contribution in [1.82, 2.24) is 9.80 Å². The molecule has 1 aliphatic carbocycles. The molecule has 1 amide bonds. The number of aliphatic carboxylic acids is 1. The number of halogens is 1. The quantitative estimate of drug-likeness (QED) is 0.839. The van der Waals surface area contributed by atoms with Crippen LogP contribution in [0.4, 0.5) is 0 Å². The second kappa shape index (κ2) is 9.36. The smallest absolute Gasteiger partial charge is 0.320 e. The lowest BCUT2D eigenvalue weighted by Gasteiger charge is -2.34. The van der Waals surface area contributed by atoms with E-state index in [1.54, 1.807) is 0 Å². The van der Waals surface area contributed by atoms with Gasteiger partial charge in [-0.1, -0.05) is 25.7 Å². The van der Waals surface area contributed by atoms with Crippen molar-refractivity contribution in [3.8, 4) is 0 Å². The van der Waals surface area contributed by atoms with Gasteiger partial charge in [0.05, 0.1) is 6.54 Å². The van der Waals surface area contributed by atoms with E-state index in [4.69, 9.17) is 0 Å². The van der Waals surface area contributed by atoms with Crippen LogP contribution in [0.3, 0.4) is 0 Å². The first-order valence-electron chi connectivity index (χ1n) is 8.28. The van der Waals surface area contributed by atoms with Gasteiger partial charge in [0.25, 0.3) is 0 Å². The minimum absolute atomic E-state index is 0. The van der Waals surface area contributed by atoms with Crippen molar-refractivity contribution < 1.29 is 14.7 Å². The number of likely N-dealkylation sites (N-methyl/N-ethyl adjacent to an activating group) is 1. The fourth-order valence-corrected chi connectivity index (χ4v) is 3.61. The van der Waals surface area contributed by atoms with Gasteiger partial charge in [-0.3, -0.25) is 14.5 Å². The monoisotopic (exact) mass is 332 g/mol. The van der Waals surface area contributed by atoms with E-state index in [0.717, 1.165) is 25.9 Å². The lowest BCUT2D eigenvalue weighted by molar-refractivity contribution is -0.146. The molecule has 1 unspecified atom stereocenters. The van der Waals surface area contributed by atoms with E-state index < -0.39 is 12.0 Å². The third-order valence-corrected chi connectivity index (χ3v) is 4.92. The highest BCUT2D eigenvalue weighted by atomic mass is 35.5. The van der Waals surface area contributed by atoms with E-state index in [9.17, 15) is 14.7 Å². The van der Waals surface area contributed by atoms with Gasteiger partial charge in [-0.25, -0.2) is 0 Å². The number of hydrogen-bond acceptors (Lipinski definition) is 3. The third-order valence-electron chi connectivity index (χ3n) is 4.92. The molecule has 22 heavy (non-hydrogen) atoms. The molecule has 0 spiro atoms. The third kappa shape index (κ3) is 5.43. The summed E-state index contributed by atoms with van der Waals surface area (Å²) in [6, 6.07) is -0.481. The summed E-state index contributed by atoms with van der Waals surface area (Å²) < 4.78 is 0. The molecule has 6 heteroatoms. The van der Waals surface area contributed by atoms with E-state index >= 15 is 0 Å². The van der Waals surface area contributed by atoms with Crippen LogP contribution in [0.1, 0.15) is 51.4 Å². The van der Waals surface area contributed by atoms with E-state index in [1.165, 1.54) is 32.1 Å². The van der Waals surface area contributed by atoms with Crippen LogP contribution < -0.4 is 0 Å². The normalized spacial score (nSPS) is 23.6. The highest BCUT2D eigenvalue weighted by Gasteiger charge is 2.30. The Kier molecular flexibility index (Phi) is 8.18. The summed E-state index contributed by atoms with van der Waals surface area (Å²) in [6.07, 6.45) is 8.91. The Labute approximate surface area is 139 Å². The summed E-state index contributed by atoms with van der Waals surface area (Å²) >= 11 is 0. The highest BCUT2D eigenvalue weighted by Crippen LogP contribution is 2.24. The molecule has 2 aliphatic rings. The van der Waals surface area contributed by atoms with Crippen molar-refractivity contribution in [2.75, 3.05) is 26.7 Å². The second-order valence-electron chi connectivity index (χ2n) is 6.60. The number of amides is 1. The maximum atomic E-state index is 12.3. The minimum Gasteiger partial charge on any atom is -0.480 e. The van der Waals surface area contributed by atoms with Gasteiger partial charge in [0, 0.05) is 13.6 Å². The summed E-state index contributed by atoms with van der Waals surface area (Å²) in [5, 5.41) is 9.25. The summed E-state index contributed by atoms with van der Waals surface area (Å²) in [5.41, 5.74) is 0. The average Bonchev–Trinajstić information content (AvgIpc) is 2.48. The molecule has 1 atom stereocenters. The molecule has 0 radical (unpaired) electrons. The number of carboxylic acid groups (broad SMARTS) is 1. The van der Waals surface area contributed by atoms with E-state index in [2.05, 4.69) is 0 Å². The largest absolute Gasteiger partial charge is 0.480 e. The highest BCUT2D eigenvalue weighted by molar-refractivity contribution is 5.85. The zero-order valence-corrected chi connectivity index (χ0v) is 14.3. The minimum atomic E-state index is -0.794. The Balaban J connectivity index is 0.00000242. The average molecular weight is 333 g/mol. The van der Waals surface area contributed by atoms with E-state index in [1.807, 2.05) is 16.8 Å². The first-order valence-corrected chi connectivity index (χ1v) is 8.28. The van der Waals surface area contributed by atoms with Gasteiger partial charge < -0.3 is 10.0 Å². The molecule has 1 N–H and O–H groups in total. The maximum Gasteiger partial charge on any atom is 0.320 e. The summed E-state index contributed by atoms with van der Waals surface area (Å²) in [5.74, 6) is -0.101. The number of nitrogens with zero attached hydrogens (tertiary/aromatic N) is 2. The molecule has 1 heterocycles. The van der Waals surface area contributed by atoms with Gasteiger partial charge in [-0.2, -0.15) is 0 Å². The summed E-state index contributed by atoms with van der Waals surface area (Å²) in [7, 11) is 1.86. The van der Waals surface area contributed by atoms with Crippen molar-refractivity contribution in [1.29, 1.82) is 0 Å². The summed E-state index contributed by atoms with van der Waals surface area (Å²) in [6.45, 7) is 1.80. The molecule has 2 fully saturated rings. The first-order chi connectivity index (χ1) is 10.1. The predicted octanol–water partition coefficient (Wildman–Crippen LogP) is 2.39. The molecule has 1 saturated carbocycles. The van der Waals surface area contributed by atoms with E-state index in [-0.39, 0.29) is 24.9 Å². The Bertz CT molecular complexity index is 372.